The van der Waals surface area contributed by atoms with Crippen molar-refractivity contribution in [2.24, 2.45) is 5.73 Å². The zero-order chi connectivity index (χ0) is 23.7. The highest BCUT2D eigenvalue weighted by molar-refractivity contribution is 7.98. The van der Waals surface area contributed by atoms with E-state index in [1.807, 2.05) is 30.5 Å². The highest BCUT2D eigenvalue weighted by Crippen LogP contribution is 2.19. The number of aromatic nitrogens is 1. The second-order valence-corrected chi connectivity index (χ2v) is 8.33. The van der Waals surface area contributed by atoms with Crippen molar-refractivity contribution in [3.05, 3.63) is 36.0 Å². The second-order valence-electron chi connectivity index (χ2n) is 7.34. The third-order valence-corrected chi connectivity index (χ3v) is 5.61. The zero-order valence-electron chi connectivity index (χ0n) is 17.7. The van der Waals surface area contributed by atoms with Crippen LogP contribution in [0.3, 0.4) is 0 Å². The van der Waals surface area contributed by atoms with Gasteiger partial charge >= 0.3 is 11.9 Å². The first kappa shape index (κ1) is 25.2. The lowest BCUT2D eigenvalue weighted by atomic mass is 10.0. The quantitative estimate of drug-likeness (QED) is 0.251. The maximum Gasteiger partial charge on any atom is 0.326 e. The van der Waals surface area contributed by atoms with Crippen LogP contribution in [0.15, 0.2) is 30.5 Å². The van der Waals surface area contributed by atoms with E-state index in [1.54, 1.807) is 18.0 Å². The van der Waals surface area contributed by atoms with Crippen LogP contribution in [0.4, 0.5) is 0 Å². The Kier molecular flexibility index (Phi) is 9.54. The smallest absolute Gasteiger partial charge is 0.326 e. The summed E-state index contributed by atoms with van der Waals surface area (Å²) in [5, 5.41) is 24.0. The molecule has 2 rings (SSSR count). The lowest BCUT2D eigenvalue weighted by molar-refractivity contribution is -0.143. The zero-order valence-corrected chi connectivity index (χ0v) is 18.5. The van der Waals surface area contributed by atoms with Gasteiger partial charge < -0.3 is 31.6 Å². The van der Waals surface area contributed by atoms with Crippen LogP contribution in [0.2, 0.25) is 0 Å². The van der Waals surface area contributed by atoms with Gasteiger partial charge in [0.25, 0.3) is 0 Å². The summed E-state index contributed by atoms with van der Waals surface area (Å²) in [6.45, 7) is 0. The van der Waals surface area contributed by atoms with Gasteiger partial charge in [0.05, 0.1) is 6.04 Å². The number of benzene rings is 1. The lowest BCUT2D eigenvalue weighted by Gasteiger charge is -2.22. The van der Waals surface area contributed by atoms with Gasteiger partial charge in [0.1, 0.15) is 12.1 Å². The number of hydrogen-bond acceptors (Lipinski definition) is 6. The number of para-hydroxylation sites is 1. The summed E-state index contributed by atoms with van der Waals surface area (Å²) in [7, 11) is 0. The normalized spacial score (nSPS) is 13.8. The van der Waals surface area contributed by atoms with Crippen LogP contribution in [0.5, 0.6) is 0 Å². The number of amides is 2. The number of thioether (sulfide) groups is 1. The highest BCUT2D eigenvalue weighted by atomic mass is 32.2. The number of nitrogens with two attached hydrogens (primary N) is 1. The number of aliphatic carboxylic acids is 2. The minimum Gasteiger partial charge on any atom is -0.481 e. The molecule has 0 saturated heterocycles. The molecule has 2 amide bonds. The molecule has 0 saturated carbocycles. The fourth-order valence-corrected chi connectivity index (χ4v) is 3.67. The molecule has 3 atom stereocenters. The molecule has 10 nitrogen and oxygen atoms in total. The van der Waals surface area contributed by atoms with Crippen molar-refractivity contribution >= 4 is 46.4 Å². The predicted octanol–water partition coefficient (Wildman–Crippen LogP) is 0.710. The predicted molar refractivity (Wildman–Crippen MR) is 121 cm³/mol. The first-order valence-corrected chi connectivity index (χ1v) is 11.5. The van der Waals surface area contributed by atoms with Gasteiger partial charge in [0.15, 0.2) is 0 Å². The topological polar surface area (TPSA) is 175 Å². The first-order valence-electron chi connectivity index (χ1n) is 10.1. The molecule has 11 heteroatoms. The molecule has 1 aromatic heterocycles. The van der Waals surface area contributed by atoms with Crippen molar-refractivity contribution in [1.29, 1.82) is 0 Å². The standard InChI is InChI=1S/C21H28N4O6S/c1-32-9-8-14(22)19(28)25-17(10-12-11-23-15-5-3-2-4-13(12)15)20(29)24-16(21(30)31)6-7-18(26)27/h2-5,11,14,16-17,23H,6-10,22H2,1H3,(H,24,29)(H,25,28)(H,26,27)(H,30,31). The van der Waals surface area contributed by atoms with Crippen molar-refractivity contribution in [3.8, 4) is 0 Å². The van der Waals surface area contributed by atoms with Crippen molar-refractivity contribution in [3.63, 3.8) is 0 Å². The molecule has 0 spiro atoms. The Morgan fingerprint density at radius 2 is 1.75 bits per heavy atom. The Balaban J connectivity index is 2.21. The summed E-state index contributed by atoms with van der Waals surface area (Å²) in [6, 6.07) is 4.15. The number of rotatable bonds is 13. The average molecular weight is 465 g/mol. The molecule has 32 heavy (non-hydrogen) atoms. The van der Waals surface area contributed by atoms with E-state index < -0.39 is 48.3 Å². The van der Waals surface area contributed by atoms with Gasteiger partial charge in [0, 0.05) is 29.9 Å². The van der Waals surface area contributed by atoms with Gasteiger partial charge in [-0.3, -0.25) is 14.4 Å². The van der Waals surface area contributed by atoms with Crippen molar-refractivity contribution in [1.82, 2.24) is 15.6 Å². The number of carboxylic acids is 2. The Bertz CT molecular complexity index is 963. The van der Waals surface area contributed by atoms with Gasteiger partial charge in [0.2, 0.25) is 11.8 Å². The number of H-pyrrole nitrogens is 1. The summed E-state index contributed by atoms with van der Waals surface area (Å²) in [5.41, 5.74) is 7.54. The van der Waals surface area contributed by atoms with E-state index in [0.717, 1.165) is 16.5 Å². The number of carbonyl (C=O) groups excluding carboxylic acids is 2. The van der Waals surface area contributed by atoms with E-state index in [2.05, 4.69) is 15.6 Å². The van der Waals surface area contributed by atoms with Gasteiger partial charge in [-0.2, -0.15) is 11.8 Å². The minimum absolute atomic E-state index is 0.0993. The SMILES string of the molecule is CSCCC(N)C(=O)NC(Cc1c[nH]c2ccccc12)C(=O)NC(CCC(=O)O)C(=O)O. The van der Waals surface area contributed by atoms with Crippen LogP contribution >= 0.6 is 11.8 Å². The van der Waals surface area contributed by atoms with Crippen LogP contribution in [0.25, 0.3) is 10.9 Å². The number of aromatic amines is 1. The fourth-order valence-electron chi connectivity index (χ4n) is 3.18. The molecular weight excluding hydrogens is 436 g/mol. The van der Waals surface area contributed by atoms with Crippen LogP contribution < -0.4 is 16.4 Å². The van der Waals surface area contributed by atoms with Crippen LogP contribution in [-0.2, 0) is 25.6 Å². The third kappa shape index (κ3) is 7.27. The molecule has 1 aromatic carbocycles. The molecule has 0 fully saturated rings. The summed E-state index contributed by atoms with van der Waals surface area (Å²) >= 11 is 1.54. The van der Waals surface area contributed by atoms with E-state index in [4.69, 9.17) is 10.8 Å². The molecule has 174 valence electrons. The van der Waals surface area contributed by atoms with Gasteiger partial charge in [-0.1, -0.05) is 18.2 Å². The van der Waals surface area contributed by atoms with Crippen molar-refractivity contribution in [2.45, 2.75) is 43.8 Å². The Morgan fingerprint density at radius 3 is 2.41 bits per heavy atom. The number of fused-ring (bicyclic) bond motifs is 1. The van der Waals surface area contributed by atoms with E-state index in [9.17, 15) is 24.3 Å². The van der Waals surface area contributed by atoms with E-state index in [1.165, 1.54) is 0 Å². The van der Waals surface area contributed by atoms with E-state index in [-0.39, 0.29) is 12.8 Å². The molecule has 3 unspecified atom stereocenters. The molecule has 0 radical (unpaired) electrons. The summed E-state index contributed by atoms with van der Waals surface area (Å²) in [6.07, 6.45) is 3.44. The number of hydrogen-bond donors (Lipinski definition) is 6. The van der Waals surface area contributed by atoms with Crippen molar-refractivity contribution < 1.29 is 29.4 Å². The molecule has 0 aliphatic heterocycles. The first-order chi connectivity index (χ1) is 15.2. The fraction of sp³-hybridized carbons (Fsp3) is 0.429. The summed E-state index contributed by atoms with van der Waals surface area (Å²) < 4.78 is 0. The van der Waals surface area contributed by atoms with Gasteiger partial charge in [-0.25, -0.2) is 4.79 Å². The maximum absolute atomic E-state index is 12.9. The second kappa shape index (κ2) is 12.1. The molecule has 0 aliphatic rings. The Hall–Kier alpha value is -3.05. The number of nitrogens with one attached hydrogen (secondary N) is 3. The molecule has 0 bridgehead atoms. The minimum atomic E-state index is -1.40. The third-order valence-electron chi connectivity index (χ3n) is 4.96. The van der Waals surface area contributed by atoms with E-state index >= 15 is 0 Å². The number of carboxylic acid groups (broad SMARTS) is 2. The number of carbonyl (C=O) groups is 4. The van der Waals surface area contributed by atoms with Crippen LogP contribution in [0.1, 0.15) is 24.8 Å². The summed E-state index contributed by atoms with van der Waals surface area (Å²) in [4.78, 5) is 50.9. The lowest BCUT2D eigenvalue weighted by Crippen LogP contribution is -2.55. The highest BCUT2D eigenvalue weighted by Gasteiger charge is 2.29. The van der Waals surface area contributed by atoms with Gasteiger partial charge in [-0.05, 0) is 36.5 Å². The van der Waals surface area contributed by atoms with Crippen LogP contribution in [0, 0.1) is 0 Å². The Morgan fingerprint density at radius 1 is 1.06 bits per heavy atom. The maximum atomic E-state index is 12.9. The van der Waals surface area contributed by atoms with Crippen LogP contribution in [-0.4, -0.2) is 69.1 Å². The molecule has 1 heterocycles. The molecule has 0 aliphatic carbocycles. The van der Waals surface area contributed by atoms with Crippen molar-refractivity contribution in [2.75, 3.05) is 12.0 Å². The molecule has 2 aromatic rings. The Labute approximate surface area is 189 Å². The van der Waals surface area contributed by atoms with E-state index in [0.29, 0.717) is 12.2 Å². The summed E-state index contributed by atoms with van der Waals surface area (Å²) in [5.74, 6) is -3.10. The average Bonchev–Trinajstić information content (AvgIpc) is 3.16. The molecule has 7 N–H and O–H groups in total. The van der Waals surface area contributed by atoms with Gasteiger partial charge in [-0.15, -0.1) is 0 Å². The monoisotopic (exact) mass is 464 g/mol. The molecular formula is C21H28N4O6S. The largest absolute Gasteiger partial charge is 0.481 e.